The quantitative estimate of drug-likeness (QED) is 0.736. The number of nitrogens with one attached hydrogen (secondary N) is 2. The number of nitrogens with zero attached hydrogens (tertiary/aromatic N) is 1. The largest absolute Gasteiger partial charge is 0.336 e. The van der Waals surface area contributed by atoms with Gasteiger partial charge in [-0.3, -0.25) is 0 Å². The van der Waals surface area contributed by atoms with Crippen LogP contribution in [0.1, 0.15) is 33.1 Å². The van der Waals surface area contributed by atoms with E-state index in [1.807, 2.05) is 14.1 Å². The third-order valence-electron chi connectivity index (χ3n) is 3.33. The molecule has 1 rings (SSSR count). The summed E-state index contributed by atoms with van der Waals surface area (Å²) in [5.74, 6) is 0. The van der Waals surface area contributed by atoms with Crippen LogP contribution in [-0.2, 0) is 0 Å². The molecule has 15 heavy (non-hydrogen) atoms. The van der Waals surface area contributed by atoms with Crippen molar-refractivity contribution in [1.29, 1.82) is 0 Å². The normalized spacial score (nSPS) is 17.4. The maximum Gasteiger partial charge on any atom is 0.315 e. The van der Waals surface area contributed by atoms with Crippen molar-refractivity contribution in [2.24, 2.45) is 0 Å². The molecule has 1 fully saturated rings. The van der Waals surface area contributed by atoms with Crippen LogP contribution in [0.25, 0.3) is 0 Å². The first-order valence-electron chi connectivity index (χ1n) is 5.63. The number of amides is 2. The van der Waals surface area contributed by atoms with E-state index in [0.717, 1.165) is 12.8 Å². The van der Waals surface area contributed by atoms with Crippen LogP contribution in [0.15, 0.2) is 0 Å². The summed E-state index contributed by atoms with van der Waals surface area (Å²) >= 11 is 0. The molecular formula is C11H23N3O. The second-order valence-corrected chi connectivity index (χ2v) is 5.16. The Morgan fingerprint density at radius 1 is 1.40 bits per heavy atom. The van der Waals surface area contributed by atoms with E-state index >= 15 is 0 Å². The summed E-state index contributed by atoms with van der Waals surface area (Å²) in [6.45, 7) is 4.88. The van der Waals surface area contributed by atoms with Crippen molar-refractivity contribution >= 4 is 6.03 Å². The standard InChI is InChI=1S/C11H23N3O/c1-11(2,14(3)4)8-12-10(15)13-9-6-5-7-9/h9H,5-8H2,1-4H3,(H2,12,13,15). The Bertz CT molecular complexity index is 222. The van der Waals surface area contributed by atoms with Crippen LogP contribution >= 0.6 is 0 Å². The van der Waals surface area contributed by atoms with Gasteiger partial charge >= 0.3 is 6.03 Å². The number of carbonyl (C=O) groups is 1. The zero-order valence-corrected chi connectivity index (χ0v) is 10.3. The van der Waals surface area contributed by atoms with Crippen molar-refractivity contribution in [2.45, 2.75) is 44.7 Å². The highest BCUT2D eigenvalue weighted by Gasteiger charge is 2.23. The van der Waals surface area contributed by atoms with Crippen molar-refractivity contribution in [2.75, 3.05) is 20.6 Å². The minimum absolute atomic E-state index is 0.00302. The van der Waals surface area contributed by atoms with Gasteiger partial charge in [0.1, 0.15) is 0 Å². The maximum absolute atomic E-state index is 11.5. The van der Waals surface area contributed by atoms with E-state index in [0.29, 0.717) is 12.6 Å². The van der Waals surface area contributed by atoms with Crippen molar-refractivity contribution in [3.05, 3.63) is 0 Å². The lowest BCUT2D eigenvalue weighted by Crippen LogP contribution is -2.52. The SMILES string of the molecule is CN(C)C(C)(C)CNC(=O)NC1CCC1. The van der Waals surface area contributed by atoms with Crippen molar-refractivity contribution in [3.63, 3.8) is 0 Å². The Morgan fingerprint density at radius 3 is 2.40 bits per heavy atom. The van der Waals surface area contributed by atoms with Crippen molar-refractivity contribution < 1.29 is 4.79 Å². The average molecular weight is 213 g/mol. The van der Waals surface area contributed by atoms with Crippen LogP contribution in [0.4, 0.5) is 4.79 Å². The topological polar surface area (TPSA) is 44.4 Å². The number of hydrogen-bond acceptors (Lipinski definition) is 2. The number of carbonyl (C=O) groups excluding carboxylic acids is 1. The predicted octanol–water partition coefficient (Wildman–Crippen LogP) is 1.18. The van der Waals surface area contributed by atoms with E-state index in [1.54, 1.807) is 0 Å². The molecule has 0 bridgehead atoms. The van der Waals surface area contributed by atoms with Gasteiger partial charge in [-0.15, -0.1) is 0 Å². The van der Waals surface area contributed by atoms with Gasteiger partial charge in [0.2, 0.25) is 0 Å². The molecule has 0 aromatic carbocycles. The second kappa shape index (κ2) is 4.84. The molecular weight excluding hydrogens is 190 g/mol. The van der Waals surface area contributed by atoms with Gasteiger partial charge in [-0.25, -0.2) is 4.79 Å². The zero-order valence-electron chi connectivity index (χ0n) is 10.3. The Kier molecular flexibility index (Phi) is 3.97. The Balaban J connectivity index is 2.20. The smallest absolute Gasteiger partial charge is 0.315 e. The number of rotatable bonds is 4. The van der Waals surface area contributed by atoms with Crippen molar-refractivity contribution in [3.8, 4) is 0 Å². The van der Waals surface area contributed by atoms with E-state index in [2.05, 4.69) is 29.4 Å². The number of hydrogen-bond donors (Lipinski definition) is 2. The summed E-state index contributed by atoms with van der Waals surface area (Å²) in [7, 11) is 4.04. The van der Waals surface area contributed by atoms with Gasteiger partial charge in [0, 0.05) is 18.1 Å². The fourth-order valence-corrected chi connectivity index (χ4v) is 1.24. The molecule has 0 saturated heterocycles. The molecule has 0 aromatic rings. The summed E-state index contributed by atoms with van der Waals surface area (Å²) in [5, 5.41) is 5.87. The van der Waals surface area contributed by atoms with Crippen LogP contribution < -0.4 is 10.6 Å². The zero-order chi connectivity index (χ0) is 11.5. The van der Waals surface area contributed by atoms with Crippen LogP contribution in [0, 0.1) is 0 Å². The first kappa shape index (κ1) is 12.3. The van der Waals surface area contributed by atoms with E-state index in [-0.39, 0.29) is 11.6 Å². The molecule has 1 aliphatic carbocycles. The minimum atomic E-state index is -0.0328. The fraction of sp³-hybridized carbons (Fsp3) is 0.909. The predicted molar refractivity (Wildman–Crippen MR) is 61.9 cm³/mol. The van der Waals surface area contributed by atoms with Gasteiger partial charge in [0.05, 0.1) is 0 Å². The fourth-order valence-electron chi connectivity index (χ4n) is 1.24. The molecule has 0 spiro atoms. The lowest BCUT2D eigenvalue weighted by atomic mass is 9.93. The minimum Gasteiger partial charge on any atom is -0.336 e. The van der Waals surface area contributed by atoms with Crippen LogP contribution in [-0.4, -0.2) is 43.2 Å². The number of likely N-dealkylation sites (N-methyl/N-ethyl adjacent to an activating group) is 1. The van der Waals surface area contributed by atoms with E-state index in [1.165, 1.54) is 6.42 Å². The van der Waals surface area contributed by atoms with Gasteiger partial charge in [-0.1, -0.05) is 0 Å². The molecule has 0 aliphatic heterocycles. The van der Waals surface area contributed by atoms with E-state index < -0.39 is 0 Å². The lowest BCUT2D eigenvalue weighted by Gasteiger charge is -2.33. The van der Waals surface area contributed by atoms with Crippen LogP contribution in [0.5, 0.6) is 0 Å². The Labute approximate surface area is 92.4 Å². The van der Waals surface area contributed by atoms with Gasteiger partial charge in [0.25, 0.3) is 0 Å². The summed E-state index contributed by atoms with van der Waals surface area (Å²) < 4.78 is 0. The Morgan fingerprint density at radius 2 is 2.00 bits per heavy atom. The molecule has 4 nitrogen and oxygen atoms in total. The molecule has 0 atom stereocenters. The third kappa shape index (κ3) is 3.70. The molecule has 1 saturated carbocycles. The summed E-state index contributed by atoms with van der Waals surface area (Å²) in [4.78, 5) is 13.6. The highest BCUT2D eigenvalue weighted by molar-refractivity contribution is 5.74. The molecule has 1 aliphatic rings. The first-order valence-corrected chi connectivity index (χ1v) is 5.63. The van der Waals surface area contributed by atoms with Crippen molar-refractivity contribution in [1.82, 2.24) is 15.5 Å². The third-order valence-corrected chi connectivity index (χ3v) is 3.33. The molecule has 0 unspecified atom stereocenters. The molecule has 0 aromatic heterocycles. The molecule has 0 heterocycles. The van der Waals surface area contributed by atoms with Gasteiger partial charge < -0.3 is 15.5 Å². The van der Waals surface area contributed by atoms with Crippen LogP contribution in [0.2, 0.25) is 0 Å². The Hall–Kier alpha value is -0.770. The maximum atomic E-state index is 11.5. The van der Waals surface area contributed by atoms with Gasteiger partial charge in [0.15, 0.2) is 0 Å². The second-order valence-electron chi connectivity index (χ2n) is 5.16. The number of urea groups is 1. The molecule has 2 N–H and O–H groups in total. The van der Waals surface area contributed by atoms with Gasteiger partial charge in [-0.05, 0) is 47.2 Å². The van der Waals surface area contributed by atoms with E-state index in [9.17, 15) is 4.79 Å². The van der Waals surface area contributed by atoms with Gasteiger partial charge in [-0.2, -0.15) is 0 Å². The lowest BCUT2D eigenvalue weighted by molar-refractivity contribution is 0.183. The van der Waals surface area contributed by atoms with Crippen LogP contribution in [0.3, 0.4) is 0 Å². The summed E-state index contributed by atoms with van der Waals surface area (Å²) in [5.41, 5.74) is -0.00302. The van der Waals surface area contributed by atoms with E-state index in [4.69, 9.17) is 0 Å². The monoisotopic (exact) mass is 213 g/mol. The highest BCUT2D eigenvalue weighted by Crippen LogP contribution is 2.17. The molecule has 0 radical (unpaired) electrons. The molecule has 2 amide bonds. The average Bonchev–Trinajstić information content (AvgIpc) is 2.08. The molecule has 88 valence electrons. The molecule has 4 heteroatoms. The summed E-state index contributed by atoms with van der Waals surface area (Å²) in [6, 6.07) is 0.377. The first-order chi connectivity index (χ1) is 6.92. The highest BCUT2D eigenvalue weighted by atomic mass is 16.2. The summed E-state index contributed by atoms with van der Waals surface area (Å²) in [6.07, 6.45) is 3.50.